The number of rotatable bonds is 5. The van der Waals surface area contributed by atoms with Gasteiger partial charge in [-0.1, -0.05) is 31.2 Å². The molecule has 6 heteroatoms. The smallest absolute Gasteiger partial charge is 0.272 e. The third-order valence-electron chi connectivity index (χ3n) is 3.73. The molecule has 0 bridgehead atoms. The number of pyridine rings is 1. The van der Waals surface area contributed by atoms with Crippen LogP contribution in [0.5, 0.6) is 0 Å². The molecule has 0 aliphatic rings. The molecule has 0 aliphatic carbocycles. The van der Waals surface area contributed by atoms with Gasteiger partial charge < -0.3 is 4.90 Å². The highest BCUT2D eigenvalue weighted by molar-refractivity contribution is 7.91. The first-order chi connectivity index (χ1) is 10.3. The van der Waals surface area contributed by atoms with Crippen LogP contribution < -0.4 is 0 Å². The van der Waals surface area contributed by atoms with Gasteiger partial charge in [0.25, 0.3) is 5.91 Å². The normalized spacial score (nSPS) is 13.0. The van der Waals surface area contributed by atoms with Crippen LogP contribution >= 0.6 is 0 Å². The maximum atomic E-state index is 12.5. The summed E-state index contributed by atoms with van der Waals surface area (Å²) < 4.78 is 23.4. The van der Waals surface area contributed by atoms with E-state index in [1.54, 1.807) is 27.0 Å². The molecule has 2 rings (SSSR count). The van der Waals surface area contributed by atoms with Gasteiger partial charge in [0.2, 0.25) is 0 Å². The molecular weight excluding hydrogens is 300 g/mol. The first kappa shape index (κ1) is 16.4. The van der Waals surface area contributed by atoms with E-state index in [4.69, 9.17) is 0 Å². The SMILES string of the molecule is CCS(=O)(=O)C[C@@H](C)N(C)C(=O)c1ccc2ccccc2n1. The van der Waals surface area contributed by atoms with Crippen molar-refractivity contribution >= 4 is 26.6 Å². The lowest BCUT2D eigenvalue weighted by molar-refractivity contribution is 0.0751. The highest BCUT2D eigenvalue weighted by atomic mass is 32.2. The summed E-state index contributed by atoms with van der Waals surface area (Å²) >= 11 is 0. The second-order valence-electron chi connectivity index (χ2n) is 5.35. The average Bonchev–Trinajstić information content (AvgIpc) is 2.52. The van der Waals surface area contributed by atoms with E-state index in [1.807, 2.05) is 30.3 Å². The Bertz CT molecular complexity index is 787. The summed E-state index contributed by atoms with van der Waals surface area (Å²) in [5.41, 5.74) is 1.07. The standard InChI is InChI=1S/C16H20N2O3S/c1-4-22(20,21)11-12(2)18(3)16(19)15-10-9-13-7-5-6-8-14(13)17-15/h5-10,12H,4,11H2,1-3H3/t12-/m1/s1. The average molecular weight is 320 g/mol. The van der Waals surface area contributed by atoms with Crippen molar-refractivity contribution in [1.82, 2.24) is 9.88 Å². The summed E-state index contributed by atoms with van der Waals surface area (Å²) in [5.74, 6) is -0.239. The van der Waals surface area contributed by atoms with Gasteiger partial charge in [0.15, 0.2) is 9.84 Å². The van der Waals surface area contributed by atoms with Crippen molar-refractivity contribution in [2.75, 3.05) is 18.6 Å². The molecule has 0 aliphatic heterocycles. The molecule has 22 heavy (non-hydrogen) atoms. The highest BCUT2D eigenvalue weighted by Gasteiger charge is 2.23. The van der Waals surface area contributed by atoms with Crippen LogP contribution in [0.4, 0.5) is 0 Å². The Morgan fingerprint density at radius 3 is 2.59 bits per heavy atom. The fourth-order valence-electron chi connectivity index (χ4n) is 2.16. The van der Waals surface area contributed by atoms with E-state index in [2.05, 4.69) is 4.98 Å². The van der Waals surface area contributed by atoms with Crippen LogP contribution in [0.15, 0.2) is 36.4 Å². The molecule has 0 saturated heterocycles. The molecule has 0 unspecified atom stereocenters. The lowest BCUT2D eigenvalue weighted by atomic mass is 10.2. The van der Waals surface area contributed by atoms with Crippen molar-refractivity contribution < 1.29 is 13.2 Å². The lowest BCUT2D eigenvalue weighted by Crippen LogP contribution is -2.40. The minimum Gasteiger partial charge on any atom is -0.337 e. The van der Waals surface area contributed by atoms with Crippen molar-refractivity contribution in [3.05, 3.63) is 42.1 Å². The highest BCUT2D eigenvalue weighted by Crippen LogP contribution is 2.14. The van der Waals surface area contributed by atoms with Crippen molar-refractivity contribution in [3.8, 4) is 0 Å². The summed E-state index contributed by atoms with van der Waals surface area (Å²) in [6.07, 6.45) is 0. The number of benzene rings is 1. The first-order valence-electron chi connectivity index (χ1n) is 7.17. The fourth-order valence-corrected chi connectivity index (χ4v) is 3.36. The maximum absolute atomic E-state index is 12.5. The molecule has 1 heterocycles. The minimum atomic E-state index is -3.13. The summed E-state index contributed by atoms with van der Waals surface area (Å²) in [7, 11) is -1.52. The van der Waals surface area contributed by atoms with Crippen molar-refractivity contribution in [1.29, 1.82) is 0 Å². The summed E-state index contributed by atoms with van der Waals surface area (Å²) in [6, 6.07) is 10.7. The molecule has 0 N–H and O–H groups in total. The molecule has 0 radical (unpaired) electrons. The first-order valence-corrected chi connectivity index (χ1v) is 8.99. The number of aromatic nitrogens is 1. The number of sulfone groups is 1. The molecule has 1 atom stereocenters. The Labute approximate surface area is 130 Å². The largest absolute Gasteiger partial charge is 0.337 e. The lowest BCUT2D eigenvalue weighted by Gasteiger charge is -2.24. The van der Waals surface area contributed by atoms with Crippen LogP contribution in [0.2, 0.25) is 0 Å². The molecule has 1 amide bonds. The number of carbonyl (C=O) groups excluding carboxylic acids is 1. The number of hydrogen-bond acceptors (Lipinski definition) is 4. The quantitative estimate of drug-likeness (QED) is 0.846. The molecule has 5 nitrogen and oxygen atoms in total. The van der Waals surface area contributed by atoms with Crippen molar-refractivity contribution in [2.24, 2.45) is 0 Å². The van der Waals surface area contributed by atoms with Gasteiger partial charge in [-0.2, -0.15) is 0 Å². The monoisotopic (exact) mass is 320 g/mol. The van der Waals surface area contributed by atoms with Gasteiger partial charge in [-0.05, 0) is 19.1 Å². The second-order valence-corrected chi connectivity index (χ2v) is 7.75. The van der Waals surface area contributed by atoms with Crippen LogP contribution in [-0.2, 0) is 9.84 Å². The number of para-hydroxylation sites is 1. The molecule has 118 valence electrons. The van der Waals surface area contributed by atoms with Gasteiger partial charge in [-0.15, -0.1) is 0 Å². The third-order valence-corrected chi connectivity index (χ3v) is 5.60. The number of amides is 1. The van der Waals surface area contributed by atoms with E-state index >= 15 is 0 Å². The summed E-state index contributed by atoms with van der Waals surface area (Å²) in [6.45, 7) is 3.33. The molecule has 2 aromatic rings. The Hall–Kier alpha value is -1.95. The van der Waals surface area contributed by atoms with Crippen LogP contribution in [-0.4, -0.2) is 48.8 Å². The van der Waals surface area contributed by atoms with E-state index in [9.17, 15) is 13.2 Å². The number of carbonyl (C=O) groups is 1. The number of nitrogens with zero attached hydrogens (tertiary/aromatic N) is 2. The van der Waals surface area contributed by atoms with Crippen molar-refractivity contribution in [2.45, 2.75) is 19.9 Å². The number of hydrogen-bond donors (Lipinski definition) is 0. The fraction of sp³-hybridized carbons (Fsp3) is 0.375. The van der Waals surface area contributed by atoms with E-state index in [1.165, 1.54) is 4.90 Å². The van der Waals surface area contributed by atoms with Gasteiger partial charge in [0, 0.05) is 24.2 Å². The topological polar surface area (TPSA) is 67.3 Å². The molecular formula is C16H20N2O3S. The zero-order valence-electron chi connectivity index (χ0n) is 13.0. The Balaban J connectivity index is 2.21. The molecule has 0 fully saturated rings. The van der Waals surface area contributed by atoms with E-state index in [0.717, 1.165) is 10.9 Å². The van der Waals surface area contributed by atoms with Gasteiger partial charge in [-0.25, -0.2) is 13.4 Å². The summed E-state index contributed by atoms with van der Waals surface area (Å²) in [5, 5.41) is 0.961. The molecule has 1 aromatic carbocycles. The zero-order chi connectivity index (χ0) is 16.3. The van der Waals surface area contributed by atoms with E-state index in [-0.39, 0.29) is 17.4 Å². The van der Waals surface area contributed by atoms with Crippen LogP contribution in [0.25, 0.3) is 10.9 Å². The Morgan fingerprint density at radius 2 is 1.91 bits per heavy atom. The predicted molar refractivity (Wildman–Crippen MR) is 87.6 cm³/mol. The molecule has 0 saturated carbocycles. The second kappa shape index (κ2) is 6.44. The van der Waals surface area contributed by atoms with Gasteiger partial charge >= 0.3 is 0 Å². The maximum Gasteiger partial charge on any atom is 0.272 e. The van der Waals surface area contributed by atoms with Gasteiger partial charge in [-0.3, -0.25) is 4.79 Å². The molecule has 1 aromatic heterocycles. The van der Waals surface area contributed by atoms with E-state index < -0.39 is 15.9 Å². The van der Waals surface area contributed by atoms with Crippen LogP contribution in [0.1, 0.15) is 24.3 Å². The molecule has 0 spiro atoms. The van der Waals surface area contributed by atoms with Gasteiger partial charge in [0.05, 0.1) is 11.3 Å². The summed E-state index contributed by atoms with van der Waals surface area (Å²) in [4.78, 5) is 18.3. The predicted octanol–water partition coefficient (Wildman–Crippen LogP) is 2.13. The minimum absolute atomic E-state index is 0.0423. The Morgan fingerprint density at radius 1 is 1.23 bits per heavy atom. The zero-order valence-corrected chi connectivity index (χ0v) is 13.8. The third kappa shape index (κ3) is 3.62. The van der Waals surface area contributed by atoms with Crippen LogP contribution in [0, 0.1) is 0 Å². The van der Waals surface area contributed by atoms with Gasteiger partial charge in [0.1, 0.15) is 5.69 Å². The number of fused-ring (bicyclic) bond motifs is 1. The van der Waals surface area contributed by atoms with Crippen LogP contribution in [0.3, 0.4) is 0 Å². The Kier molecular flexibility index (Phi) is 4.81. The van der Waals surface area contributed by atoms with E-state index in [0.29, 0.717) is 5.69 Å². The van der Waals surface area contributed by atoms with Crippen molar-refractivity contribution in [3.63, 3.8) is 0 Å².